The number of nitrogens with zero attached hydrogens (tertiary/aromatic N) is 2. The largest absolute Gasteiger partial charge is 0.370 e. The predicted octanol–water partition coefficient (Wildman–Crippen LogP) is -0.247. The van der Waals surface area contributed by atoms with E-state index < -0.39 is 11.9 Å². The maximum Gasteiger partial charge on any atom is 0.278 e. The van der Waals surface area contributed by atoms with Crippen LogP contribution in [-0.4, -0.2) is 21.8 Å². The Bertz CT molecular complexity index is 353. The average Bonchev–Trinajstić information content (AvgIpc) is 2.03. The first-order chi connectivity index (χ1) is 6.09. The van der Waals surface area contributed by atoms with Crippen molar-refractivity contribution in [2.24, 2.45) is 5.73 Å². The van der Waals surface area contributed by atoms with Crippen LogP contribution >= 0.6 is 11.6 Å². The fourth-order valence-electron chi connectivity index (χ4n) is 0.638. The summed E-state index contributed by atoms with van der Waals surface area (Å²) < 4.78 is 0. The van der Waals surface area contributed by atoms with Gasteiger partial charge in [-0.25, -0.2) is 4.98 Å². The first kappa shape index (κ1) is 9.40. The minimum atomic E-state index is -0.609. The Morgan fingerprint density at radius 1 is 1.62 bits per heavy atom. The van der Waals surface area contributed by atoms with Gasteiger partial charge in [0.1, 0.15) is 10.8 Å². The van der Waals surface area contributed by atoms with E-state index in [4.69, 9.17) is 22.7 Å². The summed E-state index contributed by atoms with van der Waals surface area (Å²) in [5.74, 6) is -1.06. The second-order valence-electron chi connectivity index (χ2n) is 2.09. The summed E-state index contributed by atoms with van der Waals surface area (Å²) in [4.78, 5) is 18.4. The van der Waals surface area contributed by atoms with Gasteiger partial charge in [0.2, 0.25) is 0 Å². The smallest absolute Gasteiger partial charge is 0.278 e. The van der Waals surface area contributed by atoms with Gasteiger partial charge in [0.15, 0.2) is 5.96 Å². The number of carbonyl (C=O) groups excluding carboxylic acids is 1. The van der Waals surface area contributed by atoms with Crippen molar-refractivity contribution in [3.05, 3.63) is 23.2 Å². The van der Waals surface area contributed by atoms with Crippen molar-refractivity contribution in [2.75, 3.05) is 0 Å². The van der Waals surface area contributed by atoms with Gasteiger partial charge in [-0.3, -0.25) is 20.5 Å². The van der Waals surface area contributed by atoms with Gasteiger partial charge in [-0.1, -0.05) is 11.6 Å². The van der Waals surface area contributed by atoms with Crippen LogP contribution in [0, 0.1) is 5.41 Å². The molecule has 1 aromatic heterocycles. The molecular weight excluding hydrogens is 194 g/mol. The summed E-state index contributed by atoms with van der Waals surface area (Å²) in [7, 11) is 0. The van der Waals surface area contributed by atoms with Gasteiger partial charge in [0, 0.05) is 0 Å². The van der Waals surface area contributed by atoms with Crippen molar-refractivity contribution in [1.82, 2.24) is 15.3 Å². The minimum absolute atomic E-state index is 0.0164. The lowest BCUT2D eigenvalue weighted by molar-refractivity contribution is 0.0971. The third-order valence-corrected chi connectivity index (χ3v) is 1.27. The zero-order valence-electron chi connectivity index (χ0n) is 6.41. The maximum atomic E-state index is 11.1. The molecule has 0 radical (unpaired) electrons. The summed E-state index contributed by atoms with van der Waals surface area (Å²) in [5, 5.41) is 8.95. The van der Waals surface area contributed by atoms with Crippen molar-refractivity contribution >= 4 is 23.5 Å². The van der Waals surface area contributed by atoms with Crippen LogP contribution in [0.3, 0.4) is 0 Å². The fourth-order valence-corrected chi connectivity index (χ4v) is 0.785. The minimum Gasteiger partial charge on any atom is -0.370 e. The average molecular weight is 200 g/mol. The van der Waals surface area contributed by atoms with E-state index in [-0.39, 0.29) is 10.8 Å². The molecule has 0 aliphatic rings. The molecule has 0 atom stereocenters. The van der Waals surface area contributed by atoms with Crippen molar-refractivity contribution in [3.8, 4) is 0 Å². The van der Waals surface area contributed by atoms with Crippen molar-refractivity contribution in [3.63, 3.8) is 0 Å². The maximum absolute atomic E-state index is 11.1. The number of aromatic nitrogens is 2. The van der Waals surface area contributed by atoms with E-state index in [1.165, 1.54) is 12.4 Å². The molecule has 0 fully saturated rings. The summed E-state index contributed by atoms with van der Waals surface area (Å²) in [6.45, 7) is 0. The quantitative estimate of drug-likeness (QED) is 0.429. The number of carbonyl (C=O) groups is 1. The number of amides is 1. The number of hydrogen-bond donors (Lipinski definition) is 3. The highest BCUT2D eigenvalue weighted by molar-refractivity contribution is 6.29. The van der Waals surface area contributed by atoms with E-state index in [1.54, 1.807) is 0 Å². The third kappa shape index (κ3) is 2.68. The molecule has 0 aliphatic heterocycles. The van der Waals surface area contributed by atoms with Crippen LogP contribution in [-0.2, 0) is 0 Å². The lowest BCUT2D eigenvalue weighted by atomic mass is 10.4. The molecule has 1 aromatic rings. The topological polar surface area (TPSA) is 105 Å². The summed E-state index contributed by atoms with van der Waals surface area (Å²) in [6.07, 6.45) is 2.52. The van der Waals surface area contributed by atoms with Gasteiger partial charge >= 0.3 is 0 Å². The molecule has 6 nitrogen and oxygen atoms in total. The SMILES string of the molecule is N=C(N)NC(=O)c1cncc(Cl)n1. The molecule has 4 N–H and O–H groups in total. The summed E-state index contributed by atoms with van der Waals surface area (Å²) >= 11 is 5.49. The number of halogens is 1. The Labute approximate surface area is 78.6 Å². The van der Waals surface area contributed by atoms with Gasteiger partial charge in [-0.05, 0) is 0 Å². The molecule has 68 valence electrons. The van der Waals surface area contributed by atoms with Gasteiger partial charge in [-0.2, -0.15) is 0 Å². The van der Waals surface area contributed by atoms with Crippen LogP contribution in [0.5, 0.6) is 0 Å². The zero-order valence-corrected chi connectivity index (χ0v) is 7.17. The molecule has 1 rings (SSSR count). The van der Waals surface area contributed by atoms with E-state index in [2.05, 4.69) is 9.97 Å². The Kier molecular flexibility index (Phi) is 2.76. The molecule has 0 saturated carbocycles. The molecule has 1 amide bonds. The van der Waals surface area contributed by atoms with Gasteiger partial charge in [0.25, 0.3) is 5.91 Å². The third-order valence-electron chi connectivity index (χ3n) is 1.09. The van der Waals surface area contributed by atoms with E-state index in [9.17, 15) is 4.79 Å². The molecule has 0 saturated heterocycles. The van der Waals surface area contributed by atoms with Crippen LogP contribution in [0.1, 0.15) is 10.5 Å². The van der Waals surface area contributed by atoms with Gasteiger partial charge in [0.05, 0.1) is 12.4 Å². The highest BCUT2D eigenvalue weighted by atomic mass is 35.5. The van der Waals surface area contributed by atoms with Gasteiger partial charge < -0.3 is 5.73 Å². The first-order valence-corrected chi connectivity index (χ1v) is 3.60. The van der Waals surface area contributed by atoms with E-state index in [0.717, 1.165) is 0 Å². The number of nitrogens with two attached hydrogens (primary N) is 1. The number of guanidine groups is 1. The summed E-state index contributed by atoms with van der Waals surface area (Å²) in [5.41, 5.74) is 4.96. The monoisotopic (exact) mass is 199 g/mol. The molecule has 13 heavy (non-hydrogen) atoms. The van der Waals surface area contributed by atoms with Crippen molar-refractivity contribution in [1.29, 1.82) is 5.41 Å². The molecule has 1 heterocycles. The van der Waals surface area contributed by atoms with Gasteiger partial charge in [-0.15, -0.1) is 0 Å². The Morgan fingerprint density at radius 2 is 2.31 bits per heavy atom. The lowest BCUT2D eigenvalue weighted by Gasteiger charge is -2.00. The molecule has 0 aromatic carbocycles. The molecule has 0 unspecified atom stereocenters. The van der Waals surface area contributed by atoms with Crippen LogP contribution in [0.2, 0.25) is 5.15 Å². The predicted molar refractivity (Wildman–Crippen MR) is 46.4 cm³/mol. The zero-order chi connectivity index (χ0) is 9.84. The molecule has 7 heteroatoms. The van der Waals surface area contributed by atoms with Crippen molar-refractivity contribution < 1.29 is 4.79 Å². The van der Waals surface area contributed by atoms with E-state index >= 15 is 0 Å². The molecule has 0 spiro atoms. The fraction of sp³-hybridized carbons (Fsp3) is 0. The molecule has 0 bridgehead atoms. The molecule has 0 aliphatic carbocycles. The van der Waals surface area contributed by atoms with Crippen LogP contribution in [0.15, 0.2) is 12.4 Å². The Morgan fingerprint density at radius 3 is 2.85 bits per heavy atom. The number of nitrogens with one attached hydrogen (secondary N) is 2. The highest BCUT2D eigenvalue weighted by Crippen LogP contribution is 2.01. The van der Waals surface area contributed by atoms with Crippen LogP contribution in [0.4, 0.5) is 0 Å². The number of rotatable bonds is 1. The first-order valence-electron chi connectivity index (χ1n) is 3.22. The number of hydrogen-bond acceptors (Lipinski definition) is 4. The normalized spacial score (nSPS) is 9.31. The highest BCUT2D eigenvalue weighted by Gasteiger charge is 2.08. The van der Waals surface area contributed by atoms with E-state index in [1.807, 2.05) is 5.32 Å². The van der Waals surface area contributed by atoms with E-state index in [0.29, 0.717) is 0 Å². The van der Waals surface area contributed by atoms with Crippen LogP contribution in [0.25, 0.3) is 0 Å². The molecular formula is C6H6ClN5O. The Hall–Kier alpha value is -1.69. The second kappa shape index (κ2) is 3.81. The van der Waals surface area contributed by atoms with Crippen molar-refractivity contribution in [2.45, 2.75) is 0 Å². The second-order valence-corrected chi connectivity index (χ2v) is 2.48. The lowest BCUT2D eigenvalue weighted by Crippen LogP contribution is -2.36. The summed E-state index contributed by atoms with van der Waals surface area (Å²) in [6, 6.07) is 0. The standard InChI is InChI=1S/C6H6ClN5O/c7-4-2-10-1-3(11-4)5(13)12-6(8)9/h1-2H,(H4,8,9,12,13). The van der Waals surface area contributed by atoms with Crippen LogP contribution < -0.4 is 11.1 Å². The Balaban J connectivity index is 2.83.